The minimum absolute atomic E-state index is 0.220. The number of nitrogens with zero attached hydrogens (tertiary/aromatic N) is 6. The van der Waals surface area contributed by atoms with Crippen molar-refractivity contribution in [3.8, 4) is 5.82 Å². The van der Waals surface area contributed by atoms with Crippen molar-refractivity contribution in [2.45, 2.75) is 38.3 Å². The third-order valence-electron chi connectivity index (χ3n) is 8.66. The summed E-state index contributed by atoms with van der Waals surface area (Å²) in [4.78, 5) is 29.9. The summed E-state index contributed by atoms with van der Waals surface area (Å²) in [7, 11) is 0. The van der Waals surface area contributed by atoms with Crippen molar-refractivity contribution in [1.29, 1.82) is 0 Å². The smallest absolute Gasteiger partial charge is 0.278 e. The van der Waals surface area contributed by atoms with Crippen molar-refractivity contribution in [1.82, 2.24) is 29.6 Å². The second kappa shape index (κ2) is 9.57. The second-order valence-electron chi connectivity index (χ2n) is 11.5. The summed E-state index contributed by atoms with van der Waals surface area (Å²) in [6.45, 7) is 10.3. The molecule has 0 radical (unpaired) electrons. The summed E-state index contributed by atoms with van der Waals surface area (Å²) in [6, 6.07) is 12.2. The third-order valence-corrected chi connectivity index (χ3v) is 8.66. The highest BCUT2D eigenvalue weighted by atomic mass is 16.3. The Bertz CT molecular complexity index is 1640. The molecule has 3 N–H and O–H groups in total. The summed E-state index contributed by atoms with van der Waals surface area (Å²) in [5.41, 5.74) is 2.98. The molecule has 3 atom stereocenters. The largest absolute Gasteiger partial charge is 0.384 e. The lowest BCUT2D eigenvalue weighted by Crippen LogP contribution is -2.29. The van der Waals surface area contributed by atoms with Gasteiger partial charge in [-0.2, -0.15) is 4.98 Å². The molecule has 1 aliphatic carbocycles. The SMILES string of the molecule is C=CCn1c(=O)c2cnc(Nc3ccc(N4C[C@H]5CNC[C@H]5C4)cc3)nc2n1-c1ccc2c(n1)C(C)(O)CCC2. The Kier molecular flexibility index (Phi) is 5.97. The minimum atomic E-state index is -1.02. The number of benzene rings is 1. The molecular weight excluding hydrogens is 504 g/mol. The number of anilines is 3. The molecule has 1 aromatic carbocycles. The Labute approximate surface area is 232 Å². The molecule has 10 nitrogen and oxygen atoms in total. The first-order valence-electron chi connectivity index (χ1n) is 14.1. The number of hydrogen-bond donors (Lipinski definition) is 3. The van der Waals surface area contributed by atoms with Gasteiger partial charge in [0.05, 0.1) is 12.2 Å². The van der Waals surface area contributed by atoms with E-state index in [1.807, 2.05) is 24.3 Å². The van der Waals surface area contributed by atoms with Gasteiger partial charge in [0, 0.05) is 43.8 Å². The van der Waals surface area contributed by atoms with E-state index in [1.54, 1.807) is 28.6 Å². The van der Waals surface area contributed by atoms with Gasteiger partial charge in [0.25, 0.3) is 5.56 Å². The highest BCUT2D eigenvalue weighted by Crippen LogP contribution is 2.34. The Balaban J connectivity index is 1.22. The summed E-state index contributed by atoms with van der Waals surface area (Å²) >= 11 is 0. The van der Waals surface area contributed by atoms with Crippen molar-refractivity contribution in [2.24, 2.45) is 11.8 Å². The molecule has 2 saturated heterocycles. The fraction of sp³-hybridized carbons (Fsp3) is 0.400. The molecule has 10 heteroatoms. The Hall–Kier alpha value is -4.02. The van der Waals surface area contributed by atoms with Crippen LogP contribution in [0.25, 0.3) is 16.9 Å². The maximum atomic E-state index is 13.3. The number of hydrogen-bond acceptors (Lipinski definition) is 8. The van der Waals surface area contributed by atoms with E-state index in [4.69, 9.17) is 9.97 Å². The molecule has 2 aliphatic heterocycles. The Morgan fingerprint density at radius 3 is 2.67 bits per heavy atom. The van der Waals surface area contributed by atoms with E-state index in [2.05, 4.69) is 39.2 Å². The molecule has 0 amide bonds. The van der Waals surface area contributed by atoms with Crippen LogP contribution in [0.5, 0.6) is 0 Å². The number of rotatable bonds is 6. The Morgan fingerprint density at radius 2 is 1.93 bits per heavy atom. The quantitative estimate of drug-likeness (QED) is 0.321. The fourth-order valence-electron chi connectivity index (χ4n) is 6.56. The van der Waals surface area contributed by atoms with Crippen molar-refractivity contribution < 1.29 is 5.11 Å². The molecule has 2 fully saturated rings. The average Bonchev–Trinajstić information content (AvgIpc) is 3.63. The standard InChI is InChI=1S/C30H34N8O2/c1-3-13-37-28(39)24-16-32-29(33-22-7-9-23(10-8-22)36-17-20-14-31-15-21(20)18-36)35-27(24)38(37)25-11-6-19-5-4-12-30(2,40)26(19)34-25/h3,6-11,16,20-21,31,40H,1,4-5,12-15,17-18H2,2H3,(H,32,33,35)/t20-,21+,30?. The van der Waals surface area contributed by atoms with Crippen molar-refractivity contribution >= 4 is 28.4 Å². The van der Waals surface area contributed by atoms with Gasteiger partial charge in [-0.25, -0.2) is 19.3 Å². The van der Waals surface area contributed by atoms with Gasteiger partial charge >= 0.3 is 0 Å². The van der Waals surface area contributed by atoms with Crippen LogP contribution in [-0.2, 0) is 18.6 Å². The number of aromatic nitrogens is 5. The number of aryl methyl sites for hydroxylation is 1. The number of nitrogens with one attached hydrogen (secondary N) is 2. The van der Waals surface area contributed by atoms with Crippen LogP contribution >= 0.6 is 0 Å². The molecule has 3 aromatic heterocycles. The van der Waals surface area contributed by atoms with Crippen molar-refractivity contribution in [3.63, 3.8) is 0 Å². The number of fused-ring (bicyclic) bond motifs is 3. The first kappa shape index (κ1) is 25.0. The molecule has 206 valence electrons. The maximum Gasteiger partial charge on any atom is 0.278 e. The summed E-state index contributed by atoms with van der Waals surface area (Å²) in [5, 5.41) is 18.2. The van der Waals surface area contributed by atoms with E-state index < -0.39 is 5.60 Å². The van der Waals surface area contributed by atoms with Gasteiger partial charge in [0.2, 0.25) is 5.95 Å². The van der Waals surface area contributed by atoms with Crippen LogP contribution in [0.15, 0.2) is 60.0 Å². The van der Waals surface area contributed by atoms with Gasteiger partial charge in [-0.3, -0.25) is 4.79 Å². The van der Waals surface area contributed by atoms with Crippen LogP contribution in [-0.4, -0.2) is 55.6 Å². The first-order chi connectivity index (χ1) is 19.4. The summed E-state index contributed by atoms with van der Waals surface area (Å²) in [5.74, 6) is 2.38. The number of pyridine rings is 1. The van der Waals surface area contributed by atoms with Crippen LogP contribution in [0.3, 0.4) is 0 Å². The lowest BCUT2D eigenvalue weighted by Gasteiger charge is -2.30. The van der Waals surface area contributed by atoms with E-state index in [0.717, 1.165) is 62.1 Å². The predicted octanol–water partition coefficient (Wildman–Crippen LogP) is 3.11. The molecule has 3 aliphatic rings. The number of allylic oxidation sites excluding steroid dienone is 1. The molecule has 5 heterocycles. The lowest BCUT2D eigenvalue weighted by atomic mass is 9.84. The van der Waals surface area contributed by atoms with Crippen LogP contribution in [0.1, 0.15) is 31.0 Å². The molecular formula is C30H34N8O2. The molecule has 1 unspecified atom stereocenters. The predicted molar refractivity (Wildman–Crippen MR) is 155 cm³/mol. The maximum absolute atomic E-state index is 13.3. The normalized spacial score (nSPS) is 23.8. The molecule has 0 saturated carbocycles. The minimum Gasteiger partial charge on any atom is -0.384 e. The topological polar surface area (TPSA) is 113 Å². The average molecular weight is 539 g/mol. The van der Waals surface area contributed by atoms with Gasteiger partial charge in [-0.1, -0.05) is 12.1 Å². The molecule has 0 bridgehead atoms. The summed E-state index contributed by atoms with van der Waals surface area (Å²) in [6.07, 6.45) is 5.66. The van der Waals surface area contributed by atoms with E-state index in [-0.39, 0.29) is 12.1 Å². The van der Waals surface area contributed by atoms with Gasteiger partial charge < -0.3 is 20.6 Å². The van der Waals surface area contributed by atoms with Crippen LogP contribution < -0.4 is 21.1 Å². The van der Waals surface area contributed by atoms with Crippen molar-refractivity contribution in [3.05, 3.63) is 76.9 Å². The fourth-order valence-corrected chi connectivity index (χ4v) is 6.56. The monoisotopic (exact) mass is 538 g/mol. The second-order valence-corrected chi connectivity index (χ2v) is 11.5. The van der Waals surface area contributed by atoms with Crippen molar-refractivity contribution in [2.75, 3.05) is 36.4 Å². The van der Waals surface area contributed by atoms with Gasteiger partial charge in [-0.15, -0.1) is 6.58 Å². The van der Waals surface area contributed by atoms with Gasteiger partial charge in [0.15, 0.2) is 11.5 Å². The van der Waals surface area contributed by atoms with Crippen LogP contribution in [0.4, 0.5) is 17.3 Å². The van der Waals surface area contributed by atoms with Crippen LogP contribution in [0.2, 0.25) is 0 Å². The lowest BCUT2D eigenvalue weighted by molar-refractivity contribution is 0.0339. The third kappa shape index (κ3) is 4.18. The molecule has 7 rings (SSSR count). The van der Waals surface area contributed by atoms with E-state index in [1.165, 1.54) is 5.69 Å². The molecule has 0 spiro atoms. The highest BCUT2D eigenvalue weighted by molar-refractivity contribution is 5.77. The van der Waals surface area contributed by atoms with Gasteiger partial charge in [0.1, 0.15) is 11.0 Å². The molecule has 40 heavy (non-hydrogen) atoms. The molecule has 4 aromatic rings. The zero-order valence-corrected chi connectivity index (χ0v) is 22.7. The van der Waals surface area contributed by atoms with Crippen LogP contribution in [0, 0.1) is 11.8 Å². The zero-order valence-electron chi connectivity index (χ0n) is 22.7. The highest BCUT2D eigenvalue weighted by Gasteiger charge is 2.36. The van der Waals surface area contributed by atoms with E-state index >= 15 is 0 Å². The first-order valence-corrected chi connectivity index (χ1v) is 14.1. The number of aliphatic hydroxyl groups is 1. The van der Waals surface area contributed by atoms with Gasteiger partial charge in [-0.05, 0) is 73.9 Å². The zero-order chi connectivity index (χ0) is 27.4. The van der Waals surface area contributed by atoms with E-state index in [9.17, 15) is 9.90 Å². The Morgan fingerprint density at radius 1 is 1.15 bits per heavy atom. The van der Waals surface area contributed by atoms with E-state index in [0.29, 0.717) is 34.9 Å². The summed E-state index contributed by atoms with van der Waals surface area (Å²) < 4.78 is 3.26.